The van der Waals surface area contributed by atoms with Crippen LogP contribution in [0.1, 0.15) is 30.5 Å². The van der Waals surface area contributed by atoms with Gasteiger partial charge in [0.2, 0.25) is 11.9 Å². The first-order chi connectivity index (χ1) is 17.9. The third kappa shape index (κ3) is 5.34. The molecule has 0 saturated carbocycles. The van der Waals surface area contributed by atoms with Gasteiger partial charge < -0.3 is 30.3 Å². The number of rotatable bonds is 8. The number of hydrogen-bond acceptors (Lipinski definition) is 9. The summed E-state index contributed by atoms with van der Waals surface area (Å²) in [5, 5.41) is 12.7. The highest BCUT2D eigenvalue weighted by molar-refractivity contribution is 5.92. The second-order valence-corrected chi connectivity index (χ2v) is 8.65. The summed E-state index contributed by atoms with van der Waals surface area (Å²) < 4.78 is 25.5. The number of carbonyl (C=O) groups excluding carboxylic acids is 1. The summed E-state index contributed by atoms with van der Waals surface area (Å²) in [7, 11) is 2.77. The average Bonchev–Trinajstić information content (AvgIpc) is 2.93. The van der Waals surface area contributed by atoms with Crippen molar-refractivity contribution in [3.8, 4) is 17.6 Å². The Hall–Kier alpha value is -4.17. The molecule has 4 rings (SSSR count). The number of ether oxygens (including phenoxy) is 2. The molecule has 0 aliphatic carbocycles. The number of benzene rings is 2. The van der Waals surface area contributed by atoms with Crippen LogP contribution in [0.25, 0.3) is 10.9 Å². The maximum absolute atomic E-state index is 15.1. The molecule has 37 heavy (non-hydrogen) atoms. The number of fused-ring (bicyclic) bond motifs is 1. The predicted octanol–water partition coefficient (Wildman–Crippen LogP) is 2.63. The summed E-state index contributed by atoms with van der Waals surface area (Å²) in [4.78, 5) is 25.6. The number of nitrogen functional groups attached to an aromatic ring is 1. The number of carbonyl (C=O) groups is 1. The molecule has 1 aliphatic rings. The van der Waals surface area contributed by atoms with E-state index in [1.165, 1.54) is 14.2 Å². The van der Waals surface area contributed by atoms with Crippen molar-refractivity contribution in [3.05, 3.63) is 47.3 Å². The molecule has 1 saturated heterocycles. The van der Waals surface area contributed by atoms with Crippen molar-refractivity contribution in [2.45, 2.75) is 19.4 Å². The largest absolute Gasteiger partial charge is 0.493 e. The van der Waals surface area contributed by atoms with E-state index in [1.807, 2.05) is 28.9 Å². The van der Waals surface area contributed by atoms with Crippen LogP contribution in [0.2, 0.25) is 0 Å². The number of methoxy groups -OCH3 is 2. The molecule has 10 nitrogen and oxygen atoms in total. The standard InChI is InChI=1S/C26H30FN7O3/c1-4-30-19(17-7-5-16(15-28)6-8-17)14-21(35)33-9-11-34(12-10-33)26-31-23-18(25(29)32-26)13-20(36-2)24(37-3)22(23)27/h5-8,13,19,30H,4,9-12,14H2,1-3H3,(H2,29,31,32). The molecule has 1 atom stereocenters. The van der Waals surface area contributed by atoms with E-state index in [4.69, 9.17) is 20.5 Å². The molecule has 0 bridgehead atoms. The fourth-order valence-electron chi connectivity index (χ4n) is 4.48. The number of piperazine rings is 1. The molecule has 11 heteroatoms. The van der Waals surface area contributed by atoms with Gasteiger partial charge in [0, 0.05) is 44.0 Å². The zero-order valence-corrected chi connectivity index (χ0v) is 21.1. The number of hydrogen-bond donors (Lipinski definition) is 2. The zero-order chi connectivity index (χ0) is 26.5. The van der Waals surface area contributed by atoms with Crippen molar-refractivity contribution < 1.29 is 18.7 Å². The Labute approximate surface area is 214 Å². The van der Waals surface area contributed by atoms with Crippen molar-refractivity contribution in [3.63, 3.8) is 0 Å². The van der Waals surface area contributed by atoms with Crippen LogP contribution in [0.5, 0.6) is 11.5 Å². The van der Waals surface area contributed by atoms with Gasteiger partial charge in [-0.1, -0.05) is 19.1 Å². The summed E-state index contributed by atoms with van der Waals surface area (Å²) in [5.41, 5.74) is 7.74. The average molecular weight is 508 g/mol. The van der Waals surface area contributed by atoms with Crippen molar-refractivity contribution in [1.29, 1.82) is 5.26 Å². The van der Waals surface area contributed by atoms with Gasteiger partial charge in [0.1, 0.15) is 11.3 Å². The van der Waals surface area contributed by atoms with E-state index in [-0.39, 0.29) is 34.8 Å². The minimum Gasteiger partial charge on any atom is -0.493 e. The highest BCUT2D eigenvalue weighted by Crippen LogP contribution is 2.37. The molecule has 2 heterocycles. The molecule has 1 amide bonds. The molecular formula is C26H30FN7O3. The minimum absolute atomic E-state index is 0.0248. The van der Waals surface area contributed by atoms with E-state index in [2.05, 4.69) is 21.4 Å². The van der Waals surface area contributed by atoms with Crippen molar-refractivity contribution in [1.82, 2.24) is 20.2 Å². The van der Waals surface area contributed by atoms with Crippen molar-refractivity contribution >= 4 is 28.6 Å². The van der Waals surface area contributed by atoms with Crippen molar-refractivity contribution in [2.24, 2.45) is 0 Å². The summed E-state index contributed by atoms with van der Waals surface area (Å²) in [6.07, 6.45) is 0.298. The van der Waals surface area contributed by atoms with E-state index in [0.29, 0.717) is 56.0 Å². The Kier molecular flexibility index (Phi) is 7.89. The molecule has 0 radical (unpaired) electrons. The molecule has 1 fully saturated rings. The van der Waals surface area contributed by atoms with Crippen LogP contribution >= 0.6 is 0 Å². The minimum atomic E-state index is -0.668. The van der Waals surface area contributed by atoms with Crippen LogP contribution in [0.3, 0.4) is 0 Å². The van der Waals surface area contributed by atoms with Crippen molar-refractivity contribution in [2.75, 3.05) is 57.6 Å². The molecular weight excluding hydrogens is 477 g/mol. The molecule has 3 N–H and O–H groups in total. The van der Waals surface area contributed by atoms with Gasteiger partial charge in [-0.05, 0) is 30.3 Å². The highest BCUT2D eigenvalue weighted by atomic mass is 19.1. The number of nitriles is 1. The molecule has 2 aromatic carbocycles. The second kappa shape index (κ2) is 11.3. The normalized spacial score (nSPS) is 14.4. The smallest absolute Gasteiger partial charge is 0.228 e. The van der Waals surface area contributed by atoms with Gasteiger partial charge in [-0.15, -0.1) is 0 Å². The number of nitrogens with two attached hydrogens (primary N) is 1. The van der Waals surface area contributed by atoms with E-state index in [0.717, 1.165) is 5.56 Å². The van der Waals surface area contributed by atoms with Crippen LogP contribution in [-0.2, 0) is 4.79 Å². The van der Waals surface area contributed by atoms with Gasteiger partial charge in [-0.25, -0.2) is 9.37 Å². The Bertz CT molecular complexity index is 1320. The summed E-state index contributed by atoms with van der Waals surface area (Å²) >= 11 is 0. The van der Waals surface area contributed by atoms with Gasteiger partial charge in [0.15, 0.2) is 17.3 Å². The monoisotopic (exact) mass is 507 g/mol. The van der Waals surface area contributed by atoms with Gasteiger partial charge in [0.25, 0.3) is 0 Å². The number of aromatic nitrogens is 2. The molecule has 194 valence electrons. The van der Waals surface area contributed by atoms with Crippen LogP contribution in [0.15, 0.2) is 30.3 Å². The maximum Gasteiger partial charge on any atom is 0.228 e. The Balaban J connectivity index is 1.46. The molecule has 1 aliphatic heterocycles. The third-order valence-corrected chi connectivity index (χ3v) is 6.48. The molecule has 1 unspecified atom stereocenters. The van der Waals surface area contributed by atoms with Crippen LogP contribution < -0.4 is 25.4 Å². The fourth-order valence-corrected chi connectivity index (χ4v) is 4.48. The first-order valence-corrected chi connectivity index (χ1v) is 12.0. The molecule has 1 aromatic heterocycles. The lowest BCUT2D eigenvalue weighted by atomic mass is 10.0. The predicted molar refractivity (Wildman–Crippen MR) is 138 cm³/mol. The maximum atomic E-state index is 15.1. The first kappa shape index (κ1) is 25.9. The van der Waals surface area contributed by atoms with Gasteiger partial charge in [0.05, 0.1) is 25.9 Å². The number of halogens is 1. The van der Waals surface area contributed by atoms with Gasteiger partial charge in [-0.3, -0.25) is 4.79 Å². The highest BCUT2D eigenvalue weighted by Gasteiger charge is 2.27. The fraction of sp³-hybridized carbons (Fsp3) is 0.385. The van der Waals surface area contributed by atoms with Crippen LogP contribution in [-0.4, -0.2) is 67.7 Å². The van der Waals surface area contributed by atoms with E-state index in [1.54, 1.807) is 18.2 Å². The Morgan fingerprint density at radius 1 is 1.19 bits per heavy atom. The number of amides is 1. The lowest BCUT2D eigenvalue weighted by Crippen LogP contribution is -2.49. The quantitative estimate of drug-likeness (QED) is 0.473. The lowest BCUT2D eigenvalue weighted by molar-refractivity contribution is -0.132. The third-order valence-electron chi connectivity index (χ3n) is 6.48. The molecule has 0 spiro atoms. The summed E-state index contributed by atoms with van der Waals surface area (Å²) in [5.74, 6) is -0.0535. The topological polar surface area (TPSA) is 130 Å². The first-order valence-electron chi connectivity index (χ1n) is 12.0. The van der Waals surface area contributed by atoms with E-state index < -0.39 is 5.82 Å². The zero-order valence-electron chi connectivity index (χ0n) is 21.1. The van der Waals surface area contributed by atoms with Gasteiger partial charge in [-0.2, -0.15) is 10.2 Å². The number of anilines is 2. The lowest BCUT2D eigenvalue weighted by Gasteiger charge is -2.35. The number of nitrogens with one attached hydrogen (secondary N) is 1. The Morgan fingerprint density at radius 3 is 2.49 bits per heavy atom. The SMILES string of the molecule is CCNC(CC(=O)N1CCN(c2nc(N)c3cc(OC)c(OC)c(F)c3n2)CC1)c1ccc(C#N)cc1. The van der Waals surface area contributed by atoms with Crippen LogP contribution in [0, 0.1) is 17.1 Å². The van der Waals surface area contributed by atoms with E-state index >= 15 is 4.39 Å². The number of nitrogens with zero attached hydrogens (tertiary/aromatic N) is 5. The molecule has 3 aromatic rings. The van der Waals surface area contributed by atoms with Gasteiger partial charge >= 0.3 is 0 Å². The Morgan fingerprint density at radius 2 is 1.89 bits per heavy atom. The summed E-state index contributed by atoms with van der Waals surface area (Å²) in [6.45, 7) is 4.60. The van der Waals surface area contributed by atoms with Crippen LogP contribution in [0.4, 0.5) is 16.2 Å². The second-order valence-electron chi connectivity index (χ2n) is 8.65. The van der Waals surface area contributed by atoms with E-state index in [9.17, 15) is 4.79 Å². The summed E-state index contributed by atoms with van der Waals surface area (Å²) in [6, 6.07) is 10.8.